The summed E-state index contributed by atoms with van der Waals surface area (Å²) in [6.07, 6.45) is 5.08. The minimum Gasteiger partial charge on any atom is -0.369 e. The minimum absolute atomic E-state index is 0.0324. The molecule has 2 saturated heterocycles. The summed E-state index contributed by atoms with van der Waals surface area (Å²) in [5.74, 6) is -0.0383. The van der Waals surface area contributed by atoms with E-state index in [-0.39, 0.29) is 30.2 Å². The van der Waals surface area contributed by atoms with Gasteiger partial charge in [0.15, 0.2) is 0 Å². The smallest absolute Gasteiger partial charge is 0.225 e. The molecule has 0 spiro atoms. The number of hydrogen-bond acceptors (Lipinski definition) is 5. The van der Waals surface area contributed by atoms with Gasteiger partial charge in [0, 0.05) is 32.1 Å². The van der Waals surface area contributed by atoms with E-state index in [4.69, 9.17) is 17.3 Å². The monoisotopic (exact) mass is 323 g/mol. The second kappa shape index (κ2) is 6.08. The van der Waals surface area contributed by atoms with Crippen LogP contribution in [0.3, 0.4) is 0 Å². The highest BCUT2D eigenvalue weighted by molar-refractivity contribution is 6.30. The first-order valence-electron chi connectivity index (χ1n) is 7.36. The molecule has 0 aromatic carbocycles. The molecule has 2 N–H and O–H groups in total. The number of anilines is 1. The van der Waals surface area contributed by atoms with Gasteiger partial charge in [0.25, 0.3) is 0 Å². The van der Waals surface area contributed by atoms with Crippen molar-refractivity contribution in [3.63, 3.8) is 0 Å². The molecule has 8 heteroatoms. The lowest BCUT2D eigenvalue weighted by Crippen LogP contribution is -2.46. The molecule has 2 aliphatic rings. The van der Waals surface area contributed by atoms with Gasteiger partial charge in [-0.15, -0.1) is 0 Å². The van der Waals surface area contributed by atoms with Crippen molar-refractivity contribution in [3.8, 4) is 0 Å². The summed E-state index contributed by atoms with van der Waals surface area (Å²) < 4.78 is 0. The second-order valence-corrected chi connectivity index (χ2v) is 6.21. The van der Waals surface area contributed by atoms with Crippen LogP contribution in [0, 0.1) is 5.92 Å². The van der Waals surface area contributed by atoms with Crippen molar-refractivity contribution in [1.82, 2.24) is 14.9 Å². The third-order valence-corrected chi connectivity index (χ3v) is 4.55. The van der Waals surface area contributed by atoms with E-state index >= 15 is 0 Å². The molecule has 22 heavy (non-hydrogen) atoms. The van der Waals surface area contributed by atoms with Crippen molar-refractivity contribution in [3.05, 3.63) is 17.4 Å². The van der Waals surface area contributed by atoms with Crippen molar-refractivity contribution in [2.45, 2.75) is 25.3 Å². The number of nitrogens with two attached hydrogens (primary N) is 1. The maximum Gasteiger partial charge on any atom is 0.225 e. The average Bonchev–Trinajstić information content (AvgIpc) is 2.91. The van der Waals surface area contributed by atoms with E-state index in [1.807, 2.05) is 4.90 Å². The fourth-order valence-electron chi connectivity index (χ4n) is 3.12. The lowest BCUT2D eigenvalue weighted by Gasteiger charge is -2.36. The summed E-state index contributed by atoms with van der Waals surface area (Å²) in [6.45, 7) is 2.00. The van der Waals surface area contributed by atoms with Gasteiger partial charge in [-0.3, -0.25) is 9.59 Å². The molecule has 2 aliphatic heterocycles. The largest absolute Gasteiger partial charge is 0.369 e. The fourth-order valence-corrected chi connectivity index (χ4v) is 3.22. The highest BCUT2D eigenvalue weighted by Gasteiger charge is 2.38. The van der Waals surface area contributed by atoms with Crippen molar-refractivity contribution in [1.29, 1.82) is 0 Å². The Bertz CT molecular complexity index is 571. The Balaban J connectivity index is 1.59. The number of carbonyl (C=O) groups is 2. The number of rotatable bonds is 3. The zero-order valence-corrected chi connectivity index (χ0v) is 12.9. The van der Waals surface area contributed by atoms with E-state index in [2.05, 4.69) is 14.9 Å². The molecule has 2 fully saturated rings. The van der Waals surface area contributed by atoms with Crippen molar-refractivity contribution in [2.75, 3.05) is 24.5 Å². The van der Waals surface area contributed by atoms with Crippen molar-refractivity contribution < 1.29 is 9.59 Å². The van der Waals surface area contributed by atoms with Gasteiger partial charge in [0.2, 0.25) is 17.8 Å². The van der Waals surface area contributed by atoms with Gasteiger partial charge in [0.1, 0.15) is 0 Å². The van der Waals surface area contributed by atoms with Gasteiger partial charge >= 0.3 is 0 Å². The van der Waals surface area contributed by atoms with Crippen LogP contribution in [-0.2, 0) is 9.59 Å². The SMILES string of the molecule is NC(=O)C1CC(=O)N(C2CCN(c3ncc(Cl)cn3)CC2)C1. The predicted octanol–water partition coefficient (Wildman–Crippen LogP) is 0.433. The molecule has 2 amide bonds. The van der Waals surface area contributed by atoms with Crippen LogP contribution in [0.5, 0.6) is 0 Å². The molecular formula is C14H18ClN5O2. The number of aromatic nitrogens is 2. The first-order valence-corrected chi connectivity index (χ1v) is 7.73. The van der Waals surface area contributed by atoms with Gasteiger partial charge in [-0.25, -0.2) is 9.97 Å². The molecule has 1 aromatic rings. The van der Waals surface area contributed by atoms with E-state index < -0.39 is 0 Å². The number of amides is 2. The number of primary amides is 1. The fraction of sp³-hybridized carbons (Fsp3) is 0.571. The van der Waals surface area contributed by atoms with Crippen LogP contribution >= 0.6 is 11.6 Å². The molecule has 1 unspecified atom stereocenters. The van der Waals surface area contributed by atoms with Crippen LogP contribution in [0.4, 0.5) is 5.95 Å². The predicted molar refractivity (Wildman–Crippen MR) is 81.3 cm³/mol. The maximum atomic E-state index is 12.0. The quantitative estimate of drug-likeness (QED) is 0.871. The Morgan fingerprint density at radius 1 is 1.27 bits per heavy atom. The lowest BCUT2D eigenvalue weighted by atomic mass is 10.0. The highest BCUT2D eigenvalue weighted by Crippen LogP contribution is 2.26. The average molecular weight is 324 g/mol. The summed E-state index contributed by atoms with van der Waals surface area (Å²) in [6, 6.07) is 0.167. The van der Waals surface area contributed by atoms with Crippen molar-refractivity contribution >= 4 is 29.4 Å². The van der Waals surface area contributed by atoms with E-state index in [0.29, 0.717) is 17.5 Å². The summed E-state index contributed by atoms with van der Waals surface area (Å²) in [4.78, 5) is 35.6. The number of piperidine rings is 1. The summed E-state index contributed by atoms with van der Waals surface area (Å²) in [7, 11) is 0. The third-order valence-electron chi connectivity index (χ3n) is 4.36. The standard InChI is InChI=1S/C14H18ClN5O2/c15-10-6-17-14(18-7-10)19-3-1-11(2-4-19)20-8-9(13(16)22)5-12(20)21/h6-7,9,11H,1-5,8H2,(H2,16,22). The molecule has 1 atom stereocenters. The van der Waals surface area contributed by atoms with Gasteiger partial charge in [0.05, 0.1) is 23.3 Å². The van der Waals surface area contributed by atoms with Crippen molar-refractivity contribution in [2.24, 2.45) is 11.7 Å². The molecular weight excluding hydrogens is 306 g/mol. The van der Waals surface area contributed by atoms with E-state index in [1.54, 1.807) is 12.4 Å². The topological polar surface area (TPSA) is 92.4 Å². The van der Waals surface area contributed by atoms with Gasteiger partial charge in [-0.1, -0.05) is 11.6 Å². The van der Waals surface area contributed by atoms with Crippen LogP contribution < -0.4 is 10.6 Å². The number of nitrogens with zero attached hydrogens (tertiary/aromatic N) is 4. The van der Waals surface area contributed by atoms with Crippen LogP contribution in [0.25, 0.3) is 0 Å². The third kappa shape index (κ3) is 2.99. The van der Waals surface area contributed by atoms with Gasteiger partial charge in [-0.2, -0.15) is 0 Å². The van der Waals surface area contributed by atoms with Crippen LogP contribution in [-0.4, -0.2) is 52.4 Å². The van der Waals surface area contributed by atoms with E-state index in [9.17, 15) is 9.59 Å². The Labute approximate surface area is 133 Å². The molecule has 1 aromatic heterocycles. The molecule has 3 heterocycles. The molecule has 118 valence electrons. The molecule has 3 rings (SSSR count). The van der Waals surface area contributed by atoms with E-state index in [0.717, 1.165) is 25.9 Å². The first-order chi connectivity index (χ1) is 10.5. The number of carbonyl (C=O) groups excluding carboxylic acids is 2. The molecule has 0 aliphatic carbocycles. The molecule has 0 radical (unpaired) electrons. The zero-order valence-electron chi connectivity index (χ0n) is 12.1. The number of likely N-dealkylation sites (tertiary alicyclic amines) is 1. The second-order valence-electron chi connectivity index (χ2n) is 5.77. The maximum absolute atomic E-state index is 12.0. The number of halogens is 1. The summed E-state index contributed by atoms with van der Waals surface area (Å²) in [5.41, 5.74) is 5.31. The Morgan fingerprint density at radius 2 is 1.91 bits per heavy atom. The zero-order chi connectivity index (χ0) is 15.7. The Kier molecular flexibility index (Phi) is 4.15. The van der Waals surface area contributed by atoms with Gasteiger partial charge < -0.3 is 15.5 Å². The normalized spacial score (nSPS) is 23.1. The van der Waals surface area contributed by atoms with Crippen LogP contribution in [0.1, 0.15) is 19.3 Å². The Hall–Kier alpha value is -1.89. The molecule has 7 nitrogen and oxygen atoms in total. The van der Waals surface area contributed by atoms with Gasteiger partial charge in [-0.05, 0) is 12.8 Å². The van der Waals surface area contributed by atoms with Crippen LogP contribution in [0.2, 0.25) is 5.02 Å². The highest BCUT2D eigenvalue weighted by atomic mass is 35.5. The molecule has 0 saturated carbocycles. The lowest BCUT2D eigenvalue weighted by molar-refractivity contribution is -0.130. The first kappa shape index (κ1) is 15.0. The summed E-state index contributed by atoms with van der Waals surface area (Å²) in [5, 5.41) is 0.513. The molecule has 0 bridgehead atoms. The van der Waals surface area contributed by atoms with Crippen LogP contribution in [0.15, 0.2) is 12.4 Å². The Morgan fingerprint density at radius 3 is 2.45 bits per heavy atom. The van der Waals surface area contributed by atoms with E-state index in [1.165, 1.54) is 0 Å². The minimum atomic E-state index is -0.386. The number of hydrogen-bond donors (Lipinski definition) is 1. The summed E-state index contributed by atoms with van der Waals surface area (Å²) >= 11 is 5.79.